The molecule has 0 saturated heterocycles. The van der Waals surface area contributed by atoms with Gasteiger partial charge in [-0.1, -0.05) is 12.1 Å². The molecule has 3 rings (SSSR count). The predicted octanol–water partition coefficient (Wildman–Crippen LogP) is 2.47. The number of hydrogen-bond acceptors (Lipinski definition) is 4. The second-order valence-electron chi connectivity index (χ2n) is 7.27. The van der Waals surface area contributed by atoms with E-state index in [9.17, 15) is 18.8 Å². The van der Waals surface area contributed by atoms with Crippen molar-refractivity contribution in [1.29, 1.82) is 0 Å². The minimum atomic E-state index is -0.723. The van der Waals surface area contributed by atoms with Gasteiger partial charge < -0.3 is 4.74 Å². The molecule has 2 heterocycles. The molecule has 0 aliphatic heterocycles. The molecular weight excluding hydrogens is 353 g/mol. The summed E-state index contributed by atoms with van der Waals surface area (Å²) in [7, 11) is 1.47. The first-order valence-corrected chi connectivity index (χ1v) is 8.37. The fourth-order valence-corrected chi connectivity index (χ4v) is 2.85. The zero-order valence-electron chi connectivity index (χ0n) is 15.5. The lowest BCUT2D eigenvalue weighted by atomic mass is 10.2. The van der Waals surface area contributed by atoms with Gasteiger partial charge >= 0.3 is 11.8 Å². The van der Waals surface area contributed by atoms with Crippen molar-refractivity contribution in [1.82, 2.24) is 13.7 Å². The monoisotopic (exact) mass is 373 g/mol. The van der Waals surface area contributed by atoms with Crippen LogP contribution in [-0.2, 0) is 18.3 Å². The molecule has 3 aromatic rings. The average molecular weight is 373 g/mol. The van der Waals surface area contributed by atoms with E-state index in [4.69, 9.17) is 4.74 Å². The highest BCUT2D eigenvalue weighted by atomic mass is 19.1. The van der Waals surface area contributed by atoms with Crippen LogP contribution in [0.1, 0.15) is 26.3 Å². The number of fused-ring (bicyclic) bond motifs is 1. The molecule has 1 aromatic carbocycles. The van der Waals surface area contributed by atoms with Crippen molar-refractivity contribution in [3.05, 3.63) is 68.7 Å². The third-order valence-corrected chi connectivity index (χ3v) is 3.99. The average Bonchev–Trinajstić information content (AvgIpc) is 3.01. The normalized spacial score (nSPS) is 11.7. The number of carbonyl (C=O) groups excluding carboxylic acids is 1. The molecule has 142 valence electrons. The number of nitrogens with zero attached hydrogens (tertiary/aromatic N) is 3. The SMILES string of the molecule is Cn1c(=O)n(Cc2cccc(F)c2)c(=O)c2ccn(C(=O)OC(C)(C)C)c21. The lowest BCUT2D eigenvalue weighted by Crippen LogP contribution is -2.40. The Hall–Kier alpha value is -3.16. The van der Waals surface area contributed by atoms with Crippen molar-refractivity contribution >= 4 is 17.1 Å². The number of aryl methyl sites for hydroxylation is 1. The number of rotatable bonds is 2. The fraction of sp³-hybridized carbons (Fsp3) is 0.316. The Kier molecular flexibility index (Phi) is 4.51. The third-order valence-electron chi connectivity index (χ3n) is 3.99. The molecule has 8 heteroatoms. The lowest BCUT2D eigenvalue weighted by molar-refractivity contribution is 0.0542. The Morgan fingerprint density at radius 3 is 2.52 bits per heavy atom. The summed E-state index contributed by atoms with van der Waals surface area (Å²) in [5.74, 6) is -0.450. The Morgan fingerprint density at radius 2 is 1.89 bits per heavy atom. The Morgan fingerprint density at radius 1 is 1.19 bits per heavy atom. The fourth-order valence-electron chi connectivity index (χ4n) is 2.85. The van der Waals surface area contributed by atoms with E-state index in [1.54, 1.807) is 26.8 Å². The van der Waals surface area contributed by atoms with Crippen molar-refractivity contribution < 1.29 is 13.9 Å². The first-order valence-electron chi connectivity index (χ1n) is 8.37. The third kappa shape index (κ3) is 3.55. The van der Waals surface area contributed by atoms with Crippen LogP contribution in [0.15, 0.2) is 46.1 Å². The first-order chi connectivity index (χ1) is 12.6. The second kappa shape index (κ2) is 6.53. The van der Waals surface area contributed by atoms with E-state index in [2.05, 4.69) is 0 Å². The summed E-state index contributed by atoms with van der Waals surface area (Å²) in [4.78, 5) is 37.9. The van der Waals surface area contributed by atoms with Crippen LogP contribution in [0.5, 0.6) is 0 Å². The van der Waals surface area contributed by atoms with Crippen molar-refractivity contribution in [2.45, 2.75) is 32.9 Å². The number of aromatic nitrogens is 3. The quantitative estimate of drug-likeness (QED) is 0.692. The predicted molar refractivity (Wildman–Crippen MR) is 98.6 cm³/mol. The van der Waals surface area contributed by atoms with Gasteiger partial charge in [0.1, 0.15) is 17.1 Å². The molecule has 0 amide bonds. The van der Waals surface area contributed by atoms with Gasteiger partial charge in [-0.3, -0.25) is 13.9 Å². The minimum Gasteiger partial charge on any atom is -0.443 e. The molecule has 0 unspecified atom stereocenters. The largest absolute Gasteiger partial charge is 0.443 e. The van der Waals surface area contributed by atoms with Gasteiger partial charge in [-0.25, -0.2) is 18.5 Å². The van der Waals surface area contributed by atoms with E-state index < -0.39 is 28.8 Å². The van der Waals surface area contributed by atoms with Gasteiger partial charge in [-0.05, 0) is 44.5 Å². The number of hydrogen-bond donors (Lipinski definition) is 0. The molecule has 0 fully saturated rings. The zero-order valence-corrected chi connectivity index (χ0v) is 15.5. The van der Waals surface area contributed by atoms with Gasteiger partial charge in [0.05, 0.1) is 11.9 Å². The summed E-state index contributed by atoms with van der Waals surface area (Å²) >= 11 is 0. The maximum absolute atomic E-state index is 13.4. The smallest absolute Gasteiger partial charge is 0.420 e. The van der Waals surface area contributed by atoms with Crippen LogP contribution in [0, 0.1) is 5.82 Å². The molecule has 0 spiro atoms. The molecule has 0 bridgehead atoms. The van der Waals surface area contributed by atoms with Crippen molar-refractivity contribution in [3.8, 4) is 0 Å². The highest BCUT2D eigenvalue weighted by Crippen LogP contribution is 2.15. The second-order valence-corrected chi connectivity index (χ2v) is 7.27. The summed E-state index contributed by atoms with van der Waals surface area (Å²) in [6.07, 6.45) is 0.710. The number of benzene rings is 1. The van der Waals surface area contributed by atoms with Crippen molar-refractivity contribution in [3.63, 3.8) is 0 Å². The maximum Gasteiger partial charge on any atom is 0.420 e. The van der Waals surface area contributed by atoms with Gasteiger partial charge in [0, 0.05) is 13.2 Å². The van der Waals surface area contributed by atoms with Crippen molar-refractivity contribution in [2.24, 2.45) is 7.05 Å². The van der Waals surface area contributed by atoms with E-state index in [1.165, 1.54) is 42.1 Å². The molecular formula is C19H20FN3O4. The molecule has 0 aliphatic carbocycles. The van der Waals surface area contributed by atoms with Gasteiger partial charge in [-0.15, -0.1) is 0 Å². The Labute approximate surface area is 154 Å². The molecule has 0 aliphatic rings. The highest BCUT2D eigenvalue weighted by molar-refractivity contribution is 5.86. The van der Waals surface area contributed by atoms with Crippen LogP contribution in [0.3, 0.4) is 0 Å². The minimum absolute atomic E-state index is 0.0726. The highest BCUT2D eigenvalue weighted by Gasteiger charge is 2.22. The first kappa shape index (κ1) is 18.6. The molecule has 0 saturated carbocycles. The Bertz CT molecular complexity index is 1150. The van der Waals surface area contributed by atoms with E-state index in [1.807, 2.05) is 0 Å². The summed E-state index contributed by atoms with van der Waals surface area (Å²) in [5, 5.41) is 0.194. The van der Waals surface area contributed by atoms with Gasteiger partial charge in [-0.2, -0.15) is 0 Å². The number of halogens is 1. The lowest BCUT2D eigenvalue weighted by Gasteiger charge is -2.20. The standard InChI is InChI=1S/C19H20FN3O4/c1-19(2,3)27-18(26)22-9-8-14-15(22)21(4)17(25)23(16(14)24)11-12-6-5-7-13(20)10-12/h5-10H,11H2,1-4H3. The van der Waals surface area contributed by atoms with Crippen LogP contribution < -0.4 is 11.2 Å². The van der Waals surface area contributed by atoms with Gasteiger partial charge in [0.15, 0.2) is 0 Å². The maximum atomic E-state index is 13.4. The zero-order chi connectivity index (χ0) is 19.9. The molecule has 0 atom stereocenters. The molecule has 2 aromatic heterocycles. The molecule has 0 radical (unpaired) electrons. The van der Waals surface area contributed by atoms with Crippen LogP contribution in [0.4, 0.5) is 9.18 Å². The topological polar surface area (TPSA) is 75.2 Å². The van der Waals surface area contributed by atoms with Crippen LogP contribution in [-0.4, -0.2) is 25.4 Å². The van der Waals surface area contributed by atoms with Crippen molar-refractivity contribution in [2.75, 3.05) is 0 Å². The Balaban J connectivity index is 2.14. The number of ether oxygens (including phenoxy) is 1. The summed E-state index contributed by atoms with van der Waals surface area (Å²) in [6, 6.07) is 7.16. The van der Waals surface area contributed by atoms with Crippen LogP contribution in [0.25, 0.3) is 11.0 Å². The van der Waals surface area contributed by atoms with E-state index in [0.717, 1.165) is 9.13 Å². The molecule has 27 heavy (non-hydrogen) atoms. The van der Waals surface area contributed by atoms with Gasteiger partial charge in [0.25, 0.3) is 5.56 Å². The summed E-state index contributed by atoms with van der Waals surface area (Å²) in [6.45, 7) is 5.10. The number of carbonyl (C=O) groups is 1. The molecule has 7 nitrogen and oxygen atoms in total. The van der Waals surface area contributed by atoms with E-state index in [-0.39, 0.29) is 17.6 Å². The molecule has 0 N–H and O–H groups in total. The summed E-state index contributed by atoms with van der Waals surface area (Å²) < 4.78 is 22.1. The summed E-state index contributed by atoms with van der Waals surface area (Å²) in [5.41, 5.74) is -1.26. The van der Waals surface area contributed by atoms with Crippen LogP contribution >= 0.6 is 0 Å². The van der Waals surface area contributed by atoms with Gasteiger partial charge in [0.2, 0.25) is 0 Å². The van der Waals surface area contributed by atoms with E-state index >= 15 is 0 Å². The van der Waals surface area contributed by atoms with Crippen LogP contribution in [0.2, 0.25) is 0 Å². The van der Waals surface area contributed by atoms with E-state index in [0.29, 0.717) is 5.56 Å².